The van der Waals surface area contributed by atoms with Gasteiger partial charge in [0.05, 0.1) is 5.69 Å². The van der Waals surface area contributed by atoms with Gasteiger partial charge in [-0.1, -0.05) is 12.1 Å². The fraction of sp³-hybridized carbons (Fsp3) is 0.190. The SMILES string of the molecule is O=C(Nc1nc2ccccc2o1)c1nn(-c2ccc(F)cc2F)c2c1C[C@H]1C[C@@H]21. The van der Waals surface area contributed by atoms with Gasteiger partial charge in [-0.3, -0.25) is 10.1 Å². The zero-order valence-corrected chi connectivity index (χ0v) is 15.0. The third kappa shape index (κ3) is 2.48. The van der Waals surface area contributed by atoms with E-state index in [2.05, 4.69) is 15.4 Å². The number of nitrogens with one attached hydrogen (secondary N) is 1. The maximum atomic E-state index is 14.4. The monoisotopic (exact) mass is 392 g/mol. The van der Waals surface area contributed by atoms with Crippen LogP contribution in [0.1, 0.15) is 34.1 Å². The van der Waals surface area contributed by atoms with Crippen molar-refractivity contribution in [3.05, 3.63) is 71.1 Å². The number of hydrogen-bond donors (Lipinski definition) is 1. The highest BCUT2D eigenvalue weighted by Crippen LogP contribution is 2.57. The van der Waals surface area contributed by atoms with Crippen LogP contribution in [0.2, 0.25) is 0 Å². The molecular weight excluding hydrogens is 378 g/mol. The summed E-state index contributed by atoms with van der Waals surface area (Å²) in [5.74, 6) is -1.13. The van der Waals surface area contributed by atoms with E-state index in [0.29, 0.717) is 17.0 Å². The van der Waals surface area contributed by atoms with Crippen molar-refractivity contribution in [2.75, 3.05) is 5.32 Å². The normalized spacial score (nSPS) is 19.2. The summed E-state index contributed by atoms with van der Waals surface area (Å²) in [7, 11) is 0. The van der Waals surface area contributed by atoms with Crippen molar-refractivity contribution in [2.24, 2.45) is 5.92 Å². The Hall–Kier alpha value is -3.55. The molecule has 0 saturated heterocycles. The summed E-state index contributed by atoms with van der Waals surface area (Å²) in [5, 5.41) is 7.04. The molecular formula is C21H14F2N4O2. The quantitative estimate of drug-likeness (QED) is 0.567. The van der Waals surface area contributed by atoms with Crippen molar-refractivity contribution in [3.63, 3.8) is 0 Å². The van der Waals surface area contributed by atoms with Crippen LogP contribution in [0.5, 0.6) is 0 Å². The van der Waals surface area contributed by atoms with Crippen LogP contribution in [0.3, 0.4) is 0 Å². The first-order valence-electron chi connectivity index (χ1n) is 9.32. The van der Waals surface area contributed by atoms with Crippen LogP contribution < -0.4 is 5.32 Å². The fourth-order valence-electron chi connectivity index (χ4n) is 4.22. The standard InChI is InChI=1S/C21H14F2N4O2/c22-11-5-6-16(14(23)9-11)27-19-12-7-10(12)8-13(19)18(26-27)20(28)25-21-24-15-3-1-2-4-17(15)29-21/h1-6,9-10,12H,7-8H2,(H,24,25,28)/t10-,12-/m1/s1. The van der Waals surface area contributed by atoms with Crippen LogP contribution in [-0.4, -0.2) is 20.7 Å². The number of oxazole rings is 1. The smallest absolute Gasteiger partial charge is 0.302 e. The molecule has 8 heteroatoms. The lowest BCUT2D eigenvalue weighted by Gasteiger charge is -2.07. The lowest BCUT2D eigenvalue weighted by molar-refractivity contribution is 0.101. The van der Waals surface area contributed by atoms with Gasteiger partial charge in [-0.2, -0.15) is 10.1 Å². The minimum atomic E-state index is -0.717. The first-order chi connectivity index (χ1) is 14.1. The van der Waals surface area contributed by atoms with Crippen LogP contribution in [0.15, 0.2) is 46.9 Å². The molecule has 0 spiro atoms. The number of amides is 1. The number of aromatic nitrogens is 3. The minimum absolute atomic E-state index is 0.0793. The Kier molecular flexibility index (Phi) is 3.24. The number of carbonyl (C=O) groups excluding carboxylic acids is 1. The molecule has 2 atom stereocenters. The molecule has 2 aromatic carbocycles. The van der Waals surface area contributed by atoms with Crippen molar-refractivity contribution in [1.29, 1.82) is 0 Å². The lowest BCUT2D eigenvalue weighted by Crippen LogP contribution is -2.15. The maximum Gasteiger partial charge on any atom is 0.302 e. The van der Waals surface area contributed by atoms with Crippen molar-refractivity contribution < 1.29 is 18.0 Å². The number of rotatable bonds is 3. The van der Waals surface area contributed by atoms with Crippen LogP contribution in [0.25, 0.3) is 16.8 Å². The van der Waals surface area contributed by atoms with Crippen LogP contribution in [0, 0.1) is 17.6 Å². The topological polar surface area (TPSA) is 73.0 Å². The number of para-hydroxylation sites is 2. The van der Waals surface area contributed by atoms with E-state index < -0.39 is 17.5 Å². The lowest BCUT2D eigenvalue weighted by atomic mass is 10.1. The molecule has 2 aliphatic rings. The van der Waals surface area contributed by atoms with Crippen molar-refractivity contribution in [3.8, 4) is 5.69 Å². The van der Waals surface area contributed by atoms with E-state index in [1.165, 1.54) is 16.8 Å². The molecule has 0 radical (unpaired) electrons. The summed E-state index contributed by atoms with van der Waals surface area (Å²) in [5.41, 5.74) is 3.20. The predicted octanol–water partition coefficient (Wildman–Crippen LogP) is 4.20. The molecule has 1 N–H and O–H groups in total. The molecule has 6 nitrogen and oxygen atoms in total. The van der Waals surface area contributed by atoms with E-state index in [-0.39, 0.29) is 23.3 Å². The number of halogens is 2. The van der Waals surface area contributed by atoms with Crippen LogP contribution in [-0.2, 0) is 6.42 Å². The van der Waals surface area contributed by atoms with Gasteiger partial charge in [0.1, 0.15) is 17.0 Å². The van der Waals surface area contributed by atoms with E-state index in [4.69, 9.17) is 4.42 Å². The summed E-state index contributed by atoms with van der Waals surface area (Å²) in [6.07, 6.45) is 1.72. The second kappa shape index (κ2) is 5.73. The number of hydrogen-bond acceptors (Lipinski definition) is 4. The zero-order chi connectivity index (χ0) is 19.7. The first kappa shape index (κ1) is 16.4. The van der Waals surface area contributed by atoms with E-state index in [1.807, 2.05) is 12.1 Å². The molecule has 0 bridgehead atoms. The Bertz CT molecular complexity index is 1280. The molecule has 29 heavy (non-hydrogen) atoms. The molecule has 2 aromatic heterocycles. The van der Waals surface area contributed by atoms with Gasteiger partial charge in [-0.25, -0.2) is 13.5 Å². The number of benzene rings is 2. The molecule has 2 heterocycles. The molecule has 0 unspecified atom stereocenters. The third-order valence-electron chi connectivity index (χ3n) is 5.63. The van der Waals surface area contributed by atoms with Crippen molar-refractivity contribution >= 4 is 23.0 Å². The Morgan fingerprint density at radius 3 is 2.90 bits per heavy atom. The average molecular weight is 392 g/mol. The summed E-state index contributed by atoms with van der Waals surface area (Å²) in [6.45, 7) is 0. The summed E-state index contributed by atoms with van der Waals surface area (Å²) >= 11 is 0. The summed E-state index contributed by atoms with van der Waals surface area (Å²) < 4.78 is 34.7. The highest BCUT2D eigenvalue weighted by Gasteiger charge is 2.50. The molecule has 1 saturated carbocycles. The van der Waals surface area contributed by atoms with E-state index in [1.54, 1.807) is 12.1 Å². The van der Waals surface area contributed by atoms with Gasteiger partial charge in [0.15, 0.2) is 17.1 Å². The number of nitrogens with zero attached hydrogens (tertiary/aromatic N) is 3. The van der Waals surface area contributed by atoms with Crippen LogP contribution in [0.4, 0.5) is 14.8 Å². The molecule has 2 aliphatic carbocycles. The van der Waals surface area contributed by atoms with Gasteiger partial charge in [-0.05, 0) is 43.0 Å². The molecule has 6 rings (SSSR count). The van der Waals surface area contributed by atoms with Gasteiger partial charge in [0.25, 0.3) is 5.91 Å². The van der Waals surface area contributed by atoms with Crippen molar-refractivity contribution in [1.82, 2.24) is 14.8 Å². The summed E-state index contributed by atoms with van der Waals surface area (Å²) in [6, 6.07) is 10.6. The van der Waals surface area contributed by atoms with Crippen LogP contribution >= 0.6 is 0 Å². The molecule has 1 fully saturated rings. The van der Waals surface area contributed by atoms with Gasteiger partial charge in [-0.15, -0.1) is 0 Å². The van der Waals surface area contributed by atoms with Gasteiger partial charge >= 0.3 is 6.01 Å². The second-order valence-corrected chi connectivity index (χ2v) is 7.47. The number of fused-ring (bicyclic) bond motifs is 4. The molecule has 144 valence electrons. The number of anilines is 1. The predicted molar refractivity (Wildman–Crippen MR) is 100.0 cm³/mol. The first-order valence-corrected chi connectivity index (χ1v) is 9.32. The van der Waals surface area contributed by atoms with E-state index in [9.17, 15) is 13.6 Å². The fourth-order valence-corrected chi connectivity index (χ4v) is 4.22. The minimum Gasteiger partial charge on any atom is -0.423 e. The molecule has 4 aromatic rings. The highest BCUT2D eigenvalue weighted by atomic mass is 19.1. The van der Waals surface area contributed by atoms with Gasteiger partial charge in [0.2, 0.25) is 0 Å². The second-order valence-electron chi connectivity index (χ2n) is 7.47. The Morgan fingerprint density at radius 2 is 2.07 bits per heavy atom. The van der Waals surface area contributed by atoms with Crippen molar-refractivity contribution in [2.45, 2.75) is 18.8 Å². The Morgan fingerprint density at radius 1 is 1.21 bits per heavy atom. The maximum absolute atomic E-state index is 14.4. The third-order valence-corrected chi connectivity index (χ3v) is 5.63. The number of carbonyl (C=O) groups is 1. The highest BCUT2D eigenvalue weighted by molar-refractivity contribution is 6.03. The average Bonchev–Trinajstić information content (AvgIpc) is 3.02. The Balaban J connectivity index is 1.40. The van der Waals surface area contributed by atoms with Gasteiger partial charge in [0, 0.05) is 17.5 Å². The van der Waals surface area contributed by atoms with Gasteiger partial charge < -0.3 is 4.42 Å². The van der Waals surface area contributed by atoms with E-state index in [0.717, 1.165) is 30.2 Å². The Labute approximate surface area is 163 Å². The van der Waals surface area contributed by atoms with E-state index >= 15 is 0 Å². The molecule has 1 amide bonds. The summed E-state index contributed by atoms with van der Waals surface area (Å²) in [4.78, 5) is 17.2. The largest absolute Gasteiger partial charge is 0.423 e. The zero-order valence-electron chi connectivity index (χ0n) is 15.0. The molecule has 0 aliphatic heterocycles.